The van der Waals surface area contributed by atoms with Crippen molar-refractivity contribution in [3.8, 4) is 0 Å². The average molecular weight is 398 g/mol. The SMILES string of the molecule is CC(C(=O)Nc1cnn(Cc2cccc(C(F)(F)F)c2)c1)n1cc(Cl)cn1. The van der Waals surface area contributed by atoms with Crippen molar-refractivity contribution < 1.29 is 18.0 Å². The van der Waals surface area contributed by atoms with E-state index < -0.39 is 17.8 Å². The third kappa shape index (κ3) is 4.68. The number of anilines is 1. The Hall–Kier alpha value is -2.81. The van der Waals surface area contributed by atoms with E-state index in [1.165, 1.54) is 34.0 Å². The van der Waals surface area contributed by atoms with Gasteiger partial charge in [-0.05, 0) is 24.6 Å². The van der Waals surface area contributed by atoms with E-state index in [0.717, 1.165) is 12.1 Å². The highest BCUT2D eigenvalue weighted by molar-refractivity contribution is 6.30. The summed E-state index contributed by atoms with van der Waals surface area (Å²) in [4.78, 5) is 12.3. The number of aromatic nitrogens is 4. The van der Waals surface area contributed by atoms with Crippen LogP contribution in [0.3, 0.4) is 0 Å². The van der Waals surface area contributed by atoms with E-state index in [0.29, 0.717) is 16.3 Å². The van der Waals surface area contributed by atoms with Gasteiger partial charge >= 0.3 is 6.18 Å². The van der Waals surface area contributed by atoms with Gasteiger partial charge in [0.05, 0.1) is 35.2 Å². The summed E-state index contributed by atoms with van der Waals surface area (Å²) in [7, 11) is 0. The van der Waals surface area contributed by atoms with Gasteiger partial charge in [-0.25, -0.2) is 0 Å². The molecule has 27 heavy (non-hydrogen) atoms. The molecule has 3 aromatic rings. The zero-order chi connectivity index (χ0) is 19.6. The number of amides is 1. The summed E-state index contributed by atoms with van der Waals surface area (Å²) in [5, 5.41) is 11.2. The zero-order valence-corrected chi connectivity index (χ0v) is 14.9. The topological polar surface area (TPSA) is 64.7 Å². The molecule has 0 saturated heterocycles. The number of hydrogen-bond acceptors (Lipinski definition) is 3. The van der Waals surface area contributed by atoms with Crippen LogP contribution >= 0.6 is 11.6 Å². The number of alkyl halides is 3. The van der Waals surface area contributed by atoms with E-state index in [4.69, 9.17) is 11.6 Å². The zero-order valence-electron chi connectivity index (χ0n) is 14.1. The number of nitrogens with one attached hydrogen (secondary N) is 1. The summed E-state index contributed by atoms with van der Waals surface area (Å²) in [5.74, 6) is -0.326. The lowest BCUT2D eigenvalue weighted by molar-refractivity contribution is -0.137. The van der Waals surface area contributed by atoms with Gasteiger partial charge in [0.15, 0.2) is 0 Å². The van der Waals surface area contributed by atoms with Crippen LogP contribution in [0.1, 0.15) is 24.1 Å². The molecule has 0 radical (unpaired) electrons. The van der Waals surface area contributed by atoms with Crippen LogP contribution < -0.4 is 5.32 Å². The van der Waals surface area contributed by atoms with Gasteiger partial charge < -0.3 is 5.32 Å². The number of carbonyl (C=O) groups is 1. The van der Waals surface area contributed by atoms with Gasteiger partial charge in [-0.15, -0.1) is 0 Å². The molecule has 6 nitrogen and oxygen atoms in total. The third-order valence-corrected chi connectivity index (χ3v) is 4.04. The second-order valence-corrected chi connectivity index (χ2v) is 6.36. The second kappa shape index (κ2) is 7.43. The normalized spacial score (nSPS) is 12.8. The fraction of sp³-hybridized carbons (Fsp3) is 0.235. The highest BCUT2D eigenvalue weighted by atomic mass is 35.5. The molecule has 2 aromatic heterocycles. The quantitative estimate of drug-likeness (QED) is 0.707. The van der Waals surface area contributed by atoms with Gasteiger partial charge in [0.25, 0.3) is 0 Å². The highest BCUT2D eigenvalue weighted by Gasteiger charge is 2.30. The minimum atomic E-state index is -4.40. The standard InChI is InChI=1S/C17H15ClF3N5O/c1-11(26-9-14(18)6-23-26)16(27)24-15-7-22-25(10-15)8-12-3-2-4-13(5-12)17(19,20)21/h2-7,9-11H,8H2,1H3,(H,24,27). The molecule has 0 aliphatic rings. The first-order valence-electron chi connectivity index (χ1n) is 7.91. The Kier molecular flexibility index (Phi) is 5.22. The van der Waals surface area contributed by atoms with Crippen molar-refractivity contribution in [2.45, 2.75) is 25.7 Å². The summed E-state index contributed by atoms with van der Waals surface area (Å²) in [6.07, 6.45) is 1.53. The Bertz CT molecular complexity index is 950. The number of hydrogen-bond donors (Lipinski definition) is 1. The predicted molar refractivity (Wildman–Crippen MR) is 93.4 cm³/mol. The van der Waals surface area contributed by atoms with E-state index in [1.807, 2.05) is 0 Å². The second-order valence-electron chi connectivity index (χ2n) is 5.93. The van der Waals surface area contributed by atoms with Crippen LogP contribution in [0.4, 0.5) is 18.9 Å². The maximum absolute atomic E-state index is 12.8. The number of rotatable bonds is 5. The fourth-order valence-corrected chi connectivity index (χ4v) is 2.58. The van der Waals surface area contributed by atoms with Crippen molar-refractivity contribution in [2.75, 3.05) is 5.32 Å². The Balaban J connectivity index is 1.66. The van der Waals surface area contributed by atoms with E-state index >= 15 is 0 Å². The third-order valence-electron chi connectivity index (χ3n) is 3.85. The van der Waals surface area contributed by atoms with Gasteiger partial charge in [-0.1, -0.05) is 23.7 Å². The molecule has 1 unspecified atom stereocenters. The number of carbonyl (C=O) groups excluding carboxylic acids is 1. The molecule has 1 N–H and O–H groups in total. The largest absolute Gasteiger partial charge is 0.416 e. The average Bonchev–Trinajstić information content (AvgIpc) is 3.22. The molecule has 2 heterocycles. The molecule has 1 aromatic carbocycles. The van der Waals surface area contributed by atoms with Crippen LogP contribution in [0.5, 0.6) is 0 Å². The summed E-state index contributed by atoms with van der Waals surface area (Å²) in [6.45, 7) is 1.80. The minimum absolute atomic E-state index is 0.143. The molecule has 0 aliphatic carbocycles. The molecule has 142 valence electrons. The molecule has 3 rings (SSSR count). The Morgan fingerprint density at radius 3 is 2.70 bits per heavy atom. The van der Waals surface area contributed by atoms with Crippen molar-refractivity contribution in [3.05, 3.63) is 65.2 Å². The monoisotopic (exact) mass is 397 g/mol. The first kappa shape index (κ1) is 19.0. The van der Waals surface area contributed by atoms with E-state index in [2.05, 4.69) is 15.5 Å². The van der Waals surface area contributed by atoms with Crippen molar-refractivity contribution >= 4 is 23.2 Å². The summed E-state index contributed by atoms with van der Waals surface area (Å²) < 4.78 is 41.2. The molecule has 0 bridgehead atoms. The van der Waals surface area contributed by atoms with E-state index in [-0.39, 0.29) is 12.5 Å². The molecule has 0 saturated carbocycles. The van der Waals surface area contributed by atoms with Crippen molar-refractivity contribution in [3.63, 3.8) is 0 Å². The first-order valence-corrected chi connectivity index (χ1v) is 8.29. The molecule has 0 fully saturated rings. The molecule has 10 heteroatoms. The van der Waals surface area contributed by atoms with Crippen LogP contribution in [0, 0.1) is 0 Å². The predicted octanol–water partition coefficient (Wildman–Crippen LogP) is 4.00. The number of nitrogens with zero attached hydrogens (tertiary/aromatic N) is 4. The Morgan fingerprint density at radius 2 is 2.04 bits per heavy atom. The van der Waals surface area contributed by atoms with E-state index in [9.17, 15) is 18.0 Å². The summed E-state index contributed by atoms with van der Waals surface area (Å²) in [6, 6.07) is 4.43. The van der Waals surface area contributed by atoms with Crippen LogP contribution in [0.2, 0.25) is 5.02 Å². The Morgan fingerprint density at radius 1 is 1.26 bits per heavy atom. The number of benzene rings is 1. The Labute approximate surface area is 157 Å². The van der Waals surface area contributed by atoms with Crippen LogP contribution in [0.15, 0.2) is 49.1 Å². The van der Waals surface area contributed by atoms with Gasteiger partial charge in [0.2, 0.25) is 5.91 Å². The molecule has 0 aliphatic heterocycles. The maximum atomic E-state index is 12.8. The number of halogens is 4. The van der Waals surface area contributed by atoms with Crippen molar-refractivity contribution in [1.82, 2.24) is 19.6 Å². The first-order chi connectivity index (χ1) is 12.7. The van der Waals surface area contributed by atoms with Crippen LogP contribution in [-0.4, -0.2) is 25.5 Å². The van der Waals surface area contributed by atoms with Crippen molar-refractivity contribution in [2.24, 2.45) is 0 Å². The van der Waals surface area contributed by atoms with Crippen LogP contribution in [-0.2, 0) is 17.5 Å². The lowest BCUT2D eigenvalue weighted by Gasteiger charge is -2.11. The van der Waals surface area contributed by atoms with E-state index in [1.54, 1.807) is 19.2 Å². The van der Waals surface area contributed by atoms with Gasteiger partial charge in [0.1, 0.15) is 6.04 Å². The molecule has 1 amide bonds. The van der Waals surface area contributed by atoms with Gasteiger partial charge in [-0.2, -0.15) is 23.4 Å². The fourth-order valence-electron chi connectivity index (χ4n) is 2.44. The van der Waals surface area contributed by atoms with Gasteiger partial charge in [0, 0.05) is 12.4 Å². The molecular formula is C17H15ClF3N5O. The highest BCUT2D eigenvalue weighted by Crippen LogP contribution is 2.29. The van der Waals surface area contributed by atoms with Crippen LogP contribution in [0.25, 0.3) is 0 Å². The molecular weight excluding hydrogens is 383 g/mol. The molecule has 1 atom stereocenters. The molecule has 0 spiro atoms. The lowest BCUT2D eigenvalue weighted by atomic mass is 10.1. The smallest absolute Gasteiger partial charge is 0.322 e. The lowest BCUT2D eigenvalue weighted by Crippen LogP contribution is -2.23. The summed E-state index contributed by atoms with van der Waals surface area (Å²) >= 11 is 5.79. The minimum Gasteiger partial charge on any atom is -0.322 e. The maximum Gasteiger partial charge on any atom is 0.416 e. The van der Waals surface area contributed by atoms with Gasteiger partial charge in [-0.3, -0.25) is 14.2 Å². The summed E-state index contributed by atoms with van der Waals surface area (Å²) in [5.41, 5.74) is 0.162. The van der Waals surface area contributed by atoms with Crippen molar-refractivity contribution in [1.29, 1.82) is 0 Å².